The Bertz CT molecular complexity index is 5560. The minimum atomic E-state index is -5.06. The number of carbonyl (C=O) groups is 3. The third-order valence-corrected chi connectivity index (χ3v) is 24.4. The van der Waals surface area contributed by atoms with Crippen molar-refractivity contribution in [3.63, 3.8) is 0 Å². The van der Waals surface area contributed by atoms with Crippen LogP contribution in [0.2, 0.25) is 0 Å². The van der Waals surface area contributed by atoms with Crippen molar-refractivity contribution in [2.75, 3.05) is 36.4 Å². The number of rotatable bonds is 37. The number of aliphatic hydroxyl groups excluding tert-OH is 3. The van der Waals surface area contributed by atoms with Crippen molar-refractivity contribution in [1.82, 2.24) is 73.8 Å². The summed E-state index contributed by atoms with van der Waals surface area (Å²) in [6.45, 7) is 6.88. The molecule has 3 aromatic carbocycles. The van der Waals surface area contributed by atoms with Crippen LogP contribution in [0.25, 0.3) is 33.5 Å². The molecule has 23 atom stereocenters. The molecule has 0 saturated carbocycles. The number of para-hydroxylation sites is 3. The summed E-state index contributed by atoms with van der Waals surface area (Å²) in [7, 11) is -14.7. The maximum absolute atomic E-state index is 17.4. The van der Waals surface area contributed by atoms with Crippen LogP contribution in [0.4, 0.5) is 44.2 Å². The first-order valence-corrected chi connectivity index (χ1v) is 41.8. The monoisotopic (exact) mass is 1770 g/mol. The third-order valence-electron chi connectivity index (χ3n) is 19.1. The van der Waals surface area contributed by atoms with E-state index in [-0.39, 0.29) is 28.4 Å². The van der Waals surface area contributed by atoms with Crippen LogP contribution in [0.1, 0.15) is 87.9 Å². The van der Waals surface area contributed by atoms with Gasteiger partial charge in [0.05, 0.1) is 43.4 Å². The standard InChI is InChI=1S/C70H85F6N18O24P3/c1-32(2)107-59(101)33(3)89-119(104,116-41-20-14-11-15-21-41)113-37(7)48-51(96)69(75,27-72)63(111-48)93-30-79-45-54(93)84-66(87-57(45)99)82-40(10)109-61(103)35(5)91-121(106,118-43-24-18-13-19-25-43)115-38(8)49-52(97)70(76,28-73)64(112-49)94-31-80-46-55(94)85-67(88-58(46)100)81-39(9)108-60(102)34(4)90-120(105,117-42-22-16-12-17-23-42)114-36(6)47-50(95)68(74,26-71)62(110-47)92-29-78-44-53(92)83-65(77)86-56(44)98/h11-25,29-40,47-52,62-64,95-97H,26-28H2,1-10H3,(H,89,104)(H,90,105)(H,91,106)(H3,77,83,86,98)(H2,81,85,88,100)(H2,82,84,87,99)/t33-,34-,35-,36-,37-,38-,39?,40?,47+,48+,49+,50?,51?,52?,62+,63+,64+,68+,69+,70+,119?,120+,121-/m0/s1. The van der Waals surface area contributed by atoms with Crippen molar-refractivity contribution in [2.45, 2.75) is 197 Å². The van der Waals surface area contributed by atoms with Crippen LogP contribution in [0, 0.1) is 0 Å². The Morgan fingerprint density at radius 2 is 0.752 bits per heavy atom. The number of hydrogen-bond acceptors (Lipinski definition) is 33. The summed E-state index contributed by atoms with van der Waals surface area (Å²) < 4.78 is 212. The van der Waals surface area contributed by atoms with Crippen molar-refractivity contribution in [3.05, 3.63) is 141 Å². The van der Waals surface area contributed by atoms with Gasteiger partial charge in [0.2, 0.25) is 34.9 Å². The lowest BCUT2D eigenvalue weighted by Crippen LogP contribution is -2.47. The molecule has 6 aromatic heterocycles. The van der Waals surface area contributed by atoms with Gasteiger partial charge < -0.3 is 73.7 Å². The highest BCUT2D eigenvalue weighted by atomic mass is 31.2. The molecule has 3 fully saturated rings. The van der Waals surface area contributed by atoms with Gasteiger partial charge in [0.15, 0.2) is 64.6 Å². The number of aromatic amines is 3. The van der Waals surface area contributed by atoms with E-state index in [2.05, 4.69) is 70.8 Å². The Labute approximate surface area is 680 Å². The van der Waals surface area contributed by atoms with Crippen molar-refractivity contribution in [1.29, 1.82) is 0 Å². The van der Waals surface area contributed by atoms with E-state index in [0.717, 1.165) is 60.4 Å². The Morgan fingerprint density at radius 1 is 0.471 bits per heavy atom. The van der Waals surface area contributed by atoms with Crippen LogP contribution >= 0.6 is 23.2 Å². The van der Waals surface area contributed by atoms with Gasteiger partial charge in [-0.1, -0.05) is 54.6 Å². The SMILES string of the molecule is CC(C)OC(=O)[C@H](C)NP(=O)(Oc1ccccc1)O[C@@H](C)[C@H]1O[C@@H](n2cnc3c(=O)[nH]c(NC(C)OC(=O)[C@H](C)N[P@@](=O)(Oc4ccccc4)O[C@@H](C)[C@H]4O[C@@H](n5cnc6c(=O)[nH]c(NC(C)OC(=O)[C@H](C)N[P@](=O)(Oc7ccccc7)O[C@@H](C)[C@H]7O[C@@H](n8cnc9c(=O)[nH]c(N)nc98)[C@@](F)(CF)C7O)nc65)[C@@](F)(CF)C4O)nc32)[C@@](F)(CF)C1O. The van der Waals surface area contributed by atoms with E-state index in [1.807, 2.05) is 0 Å². The van der Waals surface area contributed by atoms with E-state index in [4.69, 9.17) is 61.3 Å². The zero-order valence-corrected chi connectivity index (χ0v) is 68.2. The summed E-state index contributed by atoms with van der Waals surface area (Å²) in [5.41, 5.74) is -9.93. The summed E-state index contributed by atoms with van der Waals surface area (Å²) >= 11 is 0. The molecule has 121 heavy (non-hydrogen) atoms. The normalized spacial score (nSPS) is 26.5. The average molecular weight is 1770 g/mol. The lowest BCUT2D eigenvalue weighted by Gasteiger charge is -2.29. The van der Waals surface area contributed by atoms with Gasteiger partial charge in [-0.2, -0.15) is 30.2 Å². The molecule has 3 aliphatic rings. The molecule has 0 bridgehead atoms. The van der Waals surface area contributed by atoms with Crippen LogP contribution < -0.4 is 61.9 Å². The summed E-state index contributed by atoms with van der Waals surface area (Å²) in [5, 5.41) is 47.0. The highest BCUT2D eigenvalue weighted by Gasteiger charge is 2.64. The molecule has 0 amide bonds. The zero-order valence-electron chi connectivity index (χ0n) is 65.5. The number of aromatic nitrogens is 12. The molecule has 9 aromatic rings. The largest absolute Gasteiger partial charge is 0.462 e. The maximum Gasteiger partial charge on any atom is 0.459 e. The second-order valence-corrected chi connectivity index (χ2v) is 33.7. The first kappa shape index (κ1) is 90.0. The minimum Gasteiger partial charge on any atom is -0.462 e. The Morgan fingerprint density at radius 3 is 1.04 bits per heavy atom. The number of fused-ring (bicyclic) bond motifs is 3. The van der Waals surface area contributed by atoms with Crippen LogP contribution in [-0.4, -0.2) is 220 Å². The van der Waals surface area contributed by atoms with E-state index in [1.54, 1.807) is 32.0 Å². The molecule has 0 spiro atoms. The van der Waals surface area contributed by atoms with Crippen LogP contribution in [0.15, 0.2) is 124 Å². The Hall–Kier alpha value is -10.3. The number of hydrogen-bond donors (Lipinski definition) is 12. The number of H-pyrrole nitrogens is 3. The van der Waals surface area contributed by atoms with Crippen molar-refractivity contribution >= 4 is 92.5 Å². The summed E-state index contributed by atoms with van der Waals surface area (Å²) in [5.74, 6) is -4.98. The van der Waals surface area contributed by atoms with E-state index < -0.39 is 245 Å². The number of alkyl halides is 6. The molecule has 51 heteroatoms. The highest BCUT2D eigenvalue weighted by Crippen LogP contribution is 2.55. The van der Waals surface area contributed by atoms with Crippen molar-refractivity contribution in [2.24, 2.45) is 0 Å². The summed E-state index contributed by atoms with van der Waals surface area (Å²) in [6, 6.07) is 17.2. The van der Waals surface area contributed by atoms with Gasteiger partial charge >= 0.3 is 41.1 Å². The number of nitrogens with one attached hydrogen (secondary N) is 8. The van der Waals surface area contributed by atoms with E-state index in [9.17, 15) is 57.6 Å². The van der Waals surface area contributed by atoms with Gasteiger partial charge in [-0.25, -0.2) is 55.0 Å². The van der Waals surface area contributed by atoms with Gasteiger partial charge in [0.1, 0.15) is 92.0 Å². The number of ether oxygens (including phenoxy) is 6. The van der Waals surface area contributed by atoms with Crippen LogP contribution in [-0.2, 0) is 70.1 Å². The smallest absolute Gasteiger partial charge is 0.459 e. The molecule has 0 radical (unpaired) electrons. The molecular weight excluding hydrogens is 1680 g/mol. The second kappa shape index (κ2) is 36.0. The first-order chi connectivity index (χ1) is 57.1. The number of nitrogen functional groups attached to an aromatic ring is 1. The predicted octanol–water partition coefficient (Wildman–Crippen LogP) is 6.04. The number of imidazole rings is 3. The summed E-state index contributed by atoms with van der Waals surface area (Å²) in [4.78, 5) is 112. The number of aliphatic hydroxyl groups is 3. The Kier molecular flexibility index (Phi) is 26.8. The number of carbonyl (C=O) groups excluding carboxylic acids is 3. The third kappa shape index (κ3) is 19.0. The molecule has 656 valence electrons. The zero-order chi connectivity index (χ0) is 87.8. The fraction of sp³-hybridized carbons (Fsp3) is 0.486. The van der Waals surface area contributed by atoms with Crippen molar-refractivity contribution < 1.29 is 125 Å². The molecule has 0 aliphatic carbocycles. The van der Waals surface area contributed by atoms with Gasteiger partial charge in [-0.3, -0.25) is 71.0 Å². The summed E-state index contributed by atoms with van der Waals surface area (Å²) in [6.07, 6.45) is -25.7. The fourth-order valence-electron chi connectivity index (χ4n) is 13.3. The predicted molar refractivity (Wildman–Crippen MR) is 411 cm³/mol. The molecule has 3 aliphatic heterocycles. The number of nitrogens with zero attached hydrogens (tertiary/aromatic N) is 9. The Balaban J connectivity index is 0.699. The second-order valence-electron chi connectivity index (χ2n) is 28.7. The van der Waals surface area contributed by atoms with Crippen LogP contribution in [0.5, 0.6) is 17.2 Å². The molecule has 42 nitrogen and oxygen atoms in total. The van der Waals surface area contributed by atoms with Gasteiger partial charge in [-0.05, 0) is 106 Å². The number of halogens is 6. The molecule has 12 rings (SSSR count). The number of anilines is 3. The van der Waals surface area contributed by atoms with Gasteiger partial charge in [0, 0.05) is 0 Å². The average Bonchev–Trinajstić information content (AvgIpc) is 1.59. The van der Waals surface area contributed by atoms with E-state index in [1.165, 1.54) is 100 Å². The quantitative estimate of drug-likeness (QED) is 0.00694. The van der Waals surface area contributed by atoms with E-state index in [0.29, 0.717) is 0 Å². The highest BCUT2D eigenvalue weighted by molar-refractivity contribution is 7.52. The van der Waals surface area contributed by atoms with Crippen molar-refractivity contribution in [3.8, 4) is 17.2 Å². The first-order valence-electron chi connectivity index (χ1n) is 37.1. The number of benzene rings is 3. The lowest BCUT2D eigenvalue weighted by atomic mass is 9.95. The van der Waals surface area contributed by atoms with Crippen LogP contribution in [0.3, 0.4) is 0 Å². The maximum atomic E-state index is 17.4. The lowest BCUT2D eigenvalue weighted by molar-refractivity contribution is -0.149. The van der Waals surface area contributed by atoms with Gasteiger partial charge in [0.25, 0.3) is 16.7 Å². The molecule has 3 saturated heterocycles. The molecule has 6 unspecified atom stereocenters. The fourth-order valence-corrected chi connectivity index (χ4v) is 18.4. The van der Waals surface area contributed by atoms with E-state index >= 15 is 26.5 Å². The topological polar surface area (TPSA) is 551 Å². The number of esters is 3. The number of nitrogens with two attached hydrogens (primary N) is 1. The molecule has 9 heterocycles. The van der Waals surface area contributed by atoms with Gasteiger partial charge in [-0.15, -0.1) is 0 Å². The molecular formula is C70H85F6N18O24P3. The minimum absolute atomic E-state index is 0.0102. The molecule has 13 N–H and O–H groups in total.